The second-order valence-electron chi connectivity index (χ2n) is 4.48. The minimum atomic E-state index is -0.424. The van der Waals surface area contributed by atoms with E-state index in [1.54, 1.807) is 23.6 Å². The SMILES string of the molecule is Cc1cc2c(cc1F)[nH]c(=S)n2-c1ccc(F)cc1Cl. The number of imidazole rings is 1. The summed E-state index contributed by atoms with van der Waals surface area (Å²) in [5.41, 5.74) is 2.31. The van der Waals surface area contributed by atoms with Crippen molar-refractivity contribution in [2.45, 2.75) is 6.92 Å². The van der Waals surface area contributed by atoms with E-state index < -0.39 is 5.82 Å². The fraction of sp³-hybridized carbons (Fsp3) is 0.0714. The van der Waals surface area contributed by atoms with Gasteiger partial charge in [0.25, 0.3) is 0 Å². The molecule has 6 heteroatoms. The van der Waals surface area contributed by atoms with Crippen molar-refractivity contribution in [3.05, 3.63) is 57.3 Å². The Balaban J connectivity index is 2.39. The smallest absolute Gasteiger partial charge is 0.182 e. The monoisotopic (exact) mass is 310 g/mol. The standard InChI is InChI=1S/C14H9ClF2N2S/c1-7-4-13-11(6-10(7)17)18-14(20)19(13)12-3-2-8(16)5-9(12)15/h2-6H,1H3,(H,18,20). The molecule has 0 amide bonds. The number of hydrogen-bond acceptors (Lipinski definition) is 1. The average Bonchev–Trinajstić information content (AvgIpc) is 2.66. The fourth-order valence-corrected chi connectivity index (χ4v) is 2.69. The van der Waals surface area contributed by atoms with E-state index in [-0.39, 0.29) is 10.8 Å². The van der Waals surface area contributed by atoms with Gasteiger partial charge in [0.2, 0.25) is 0 Å². The van der Waals surface area contributed by atoms with Crippen LogP contribution in [0.15, 0.2) is 30.3 Å². The Hall–Kier alpha value is -1.72. The van der Waals surface area contributed by atoms with E-state index in [1.807, 2.05) is 0 Å². The molecule has 0 fully saturated rings. The van der Waals surface area contributed by atoms with E-state index in [4.69, 9.17) is 23.8 Å². The molecule has 0 aliphatic rings. The lowest BCUT2D eigenvalue weighted by Gasteiger charge is -2.07. The van der Waals surface area contributed by atoms with Gasteiger partial charge in [0.15, 0.2) is 4.77 Å². The Morgan fingerprint density at radius 1 is 1.20 bits per heavy atom. The second-order valence-corrected chi connectivity index (χ2v) is 5.27. The van der Waals surface area contributed by atoms with Crippen LogP contribution in [0.1, 0.15) is 5.56 Å². The average molecular weight is 311 g/mol. The zero-order valence-electron chi connectivity index (χ0n) is 10.4. The first-order chi connectivity index (χ1) is 9.47. The van der Waals surface area contributed by atoms with Crippen molar-refractivity contribution in [2.24, 2.45) is 0 Å². The number of rotatable bonds is 1. The molecule has 0 aliphatic carbocycles. The van der Waals surface area contributed by atoms with E-state index in [1.165, 1.54) is 18.2 Å². The number of halogens is 3. The largest absolute Gasteiger partial charge is 0.330 e. The van der Waals surface area contributed by atoms with Gasteiger partial charge in [0, 0.05) is 0 Å². The highest BCUT2D eigenvalue weighted by molar-refractivity contribution is 7.71. The summed E-state index contributed by atoms with van der Waals surface area (Å²) in [6, 6.07) is 7.12. The predicted octanol–water partition coefficient (Wildman–Crippen LogP) is 4.93. The van der Waals surface area contributed by atoms with Crippen LogP contribution in [0.4, 0.5) is 8.78 Å². The van der Waals surface area contributed by atoms with Crippen molar-refractivity contribution in [3.8, 4) is 5.69 Å². The number of H-pyrrole nitrogens is 1. The number of fused-ring (bicyclic) bond motifs is 1. The molecule has 3 rings (SSSR count). The van der Waals surface area contributed by atoms with Gasteiger partial charge in [-0.15, -0.1) is 0 Å². The molecule has 0 bridgehead atoms. The van der Waals surface area contributed by atoms with Crippen LogP contribution >= 0.6 is 23.8 Å². The molecule has 1 N–H and O–H groups in total. The summed E-state index contributed by atoms with van der Waals surface area (Å²) in [7, 11) is 0. The minimum Gasteiger partial charge on any atom is -0.330 e. The summed E-state index contributed by atoms with van der Waals surface area (Å²) < 4.78 is 28.8. The summed E-state index contributed by atoms with van der Waals surface area (Å²) in [5.74, 6) is -0.738. The van der Waals surface area contributed by atoms with Crippen molar-refractivity contribution in [1.82, 2.24) is 9.55 Å². The van der Waals surface area contributed by atoms with Crippen molar-refractivity contribution in [2.75, 3.05) is 0 Å². The van der Waals surface area contributed by atoms with Gasteiger partial charge in [-0.25, -0.2) is 8.78 Å². The Morgan fingerprint density at radius 2 is 1.95 bits per heavy atom. The van der Waals surface area contributed by atoms with Crippen molar-refractivity contribution in [3.63, 3.8) is 0 Å². The van der Waals surface area contributed by atoms with Gasteiger partial charge in [-0.1, -0.05) is 11.6 Å². The van der Waals surface area contributed by atoms with Crippen molar-refractivity contribution < 1.29 is 8.78 Å². The molecule has 20 heavy (non-hydrogen) atoms. The maximum atomic E-state index is 13.6. The van der Waals surface area contributed by atoms with E-state index >= 15 is 0 Å². The topological polar surface area (TPSA) is 20.7 Å². The van der Waals surface area contributed by atoms with Crippen LogP contribution < -0.4 is 0 Å². The highest BCUT2D eigenvalue weighted by Crippen LogP contribution is 2.27. The van der Waals surface area contributed by atoms with Gasteiger partial charge in [-0.2, -0.15) is 0 Å². The van der Waals surface area contributed by atoms with Gasteiger partial charge in [0.1, 0.15) is 11.6 Å². The summed E-state index contributed by atoms with van der Waals surface area (Å²) >= 11 is 11.3. The zero-order valence-corrected chi connectivity index (χ0v) is 11.9. The lowest BCUT2D eigenvalue weighted by Crippen LogP contribution is -1.96. The van der Waals surface area contributed by atoms with Crippen molar-refractivity contribution in [1.29, 1.82) is 0 Å². The van der Waals surface area contributed by atoms with Gasteiger partial charge in [-0.3, -0.25) is 4.57 Å². The van der Waals surface area contributed by atoms with Crippen LogP contribution in [0.25, 0.3) is 16.7 Å². The molecule has 0 aliphatic heterocycles. The Morgan fingerprint density at radius 3 is 2.65 bits per heavy atom. The lowest BCUT2D eigenvalue weighted by atomic mass is 10.2. The van der Waals surface area contributed by atoms with Crippen LogP contribution in [0.2, 0.25) is 5.02 Å². The first kappa shape index (κ1) is 13.3. The first-order valence-corrected chi connectivity index (χ1v) is 6.62. The fourth-order valence-electron chi connectivity index (χ4n) is 2.13. The number of hydrogen-bond donors (Lipinski definition) is 1. The highest BCUT2D eigenvalue weighted by Gasteiger charge is 2.12. The van der Waals surface area contributed by atoms with Crippen LogP contribution in [0, 0.1) is 23.3 Å². The molecule has 0 unspecified atom stereocenters. The molecule has 2 aromatic carbocycles. The molecule has 0 atom stereocenters. The normalized spacial score (nSPS) is 11.2. The Labute approximate surface area is 123 Å². The summed E-state index contributed by atoms with van der Waals surface area (Å²) in [4.78, 5) is 2.92. The maximum absolute atomic E-state index is 13.6. The minimum absolute atomic E-state index is 0.240. The van der Waals surface area contributed by atoms with Crippen LogP contribution in [0.3, 0.4) is 0 Å². The number of benzene rings is 2. The summed E-state index contributed by atoms with van der Waals surface area (Å²) in [6.07, 6.45) is 0. The lowest BCUT2D eigenvalue weighted by molar-refractivity contribution is 0.620. The van der Waals surface area contributed by atoms with Crippen LogP contribution in [0.5, 0.6) is 0 Å². The third-order valence-electron chi connectivity index (χ3n) is 3.11. The third-order valence-corrected chi connectivity index (χ3v) is 3.70. The summed E-state index contributed by atoms with van der Waals surface area (Å²) in [5, 5.41) is 0.240. The quantitative estimate of drug-likeness (QED) is 0.632. The van der Waals surface area contributed by atoms with Crippen molar-refractivity contribution >= 4 is 34.9 Å². The Bertz CT molecular complexity index is 883. The Kier molecular flexibility index (Phi) is 3.11. The zero-order chi connectivity index (χ0) is 14.4. The predicted molar refractivity (Wildman–Crippen MR) is 78.1 cm³/mol. The molecule has 0 spiro atoms. The first-order valence-electron chi connectivity index (χ1n) is 5.83. The molecule has 0 saturated carbocycles. The van der Waals surface area contributed by atoms with Gasteiger partial charge in [-0.05, 0) is 55.0 Å². The van der Waals surface area contributed by atoms with Crippen LogP contribution in [-0.2, 0) is 0 Å². The molecule has 1 aromatic heterocycles. The maximum Gasteiger partial charge on any atom is 0.182 e. The molecule has 3 aromatic rings. The molecule has 0 saturated heterocycles. The molecular formula is C14H9ClF2N2S. The second kappa shape index (κ2) is 4.68. The molecular weight excluding hydrogens is 302 g/mol. The van der Waals surface area contributed by atoms with E-state index in [2.05, 4.69) is 4.98 Å². The number of aromatic amines is 1. The van der Waals surface area contributed by atoms with Crippen LogP contribution in [-0.4, -0.2) is 9.55 Å². The number of nitrogens with zero attached hydrogens (tertiary/aromatic N) is 1. The van der Waals surface area contributed by atoms with Gasteiger partial charge < -0.3 is 4.98 Å². The number of aryl methyl sites for hydroxylation is 1. The highest BCUT2D eigenvalue weighted by atomic mass is 35.5. The van der Waals surface area contributed by atoms with E-state index in [0.717, 1.165) is 0 Å². The molecule has 2 nitrogen and oxygen atoms in total. The van der Waals surface area contributed by atoms with Gasteiger partial charge >= 0.3 is 0 Å². The van der Waals surface area contributed by atoms with E-state index in [0.29, 0.717) is 27.1 Å². The molecule has 0 radical (unpaired) electrons. The third kappa shape index (κ3) is 2.03. The number of aromatic nitrogens is 2. The van der Waals surface area contributed by atoms with Gasteiger partial charge in [0.05, 0.1) is 21.7 Å². The number of nitrogens with one attached hydrogen (secondary N) is 1. The molecule has 102 valence electrons. The summed E-state index contributed by atoms with van der Waals surface area (Å²) in [6.45, 7) is 1.67. The molecule has 1 heterocycles. The van der Waals surface area contributed by atoms with E-state index in [9.17, 15) is 8.78 Å².